The topological polar surface area (TPSA) is 0 Å². The summed E-state index contributed by atoms with van der Waals surface area (Å²) in [6, 6.07) is 20.2. The molecule has 3 aromatic carbocycles. The molecule has 0 heterocycles. The van der Waals surface area contributed by atoms with E-state index in [-0.39, 0.29) is 11.2 Å². The normalized spacial score (nSPS) is 14.4. The van der Waals surface area contributed by atoms with E-state index in [1.54, 1.807) is 12.1 Å². The number of aryl methyl sites for hydroxylation is 1. The summed E-state index contributed by atoms with van der Waals surface area (Å²) in [6.07, 6.45) is 0. The molecule has 0 radical (unpaired) electrons. The predicted molar refractivity (Wildman–Crippen MR) is 94.1 cm³/mol. The van der Waals surface area contributed by atoms with Crippen LogP contribution in [0.5, 0.6) is 0 Å². The summed E-state index contributed by atoms with van der Waals surface area (Å²) in [7, 11) is 0. The van der Waals surface area contributed by atoms with Gasteiger partial charge in [0.25, 0.3) is 0 Å². The maximum Gasteiger partial charge on any atom is 0.124 e. The zero-order chi connectivity index (χ0) is 16.2. The summed E-state index contributed by atoms with van der Waals surface area (Å²) in [5.41, 5.74) is 8.16. The van der Waals surface area contributed by atoms with Crippen molar-refractivity contribution in [1.29, 1.82) is 0 Å². The van der Waals surface area contributed by atoms with E-state index in [1.165, 1.54) is 22.3 Å². The van der Waals surface area contributed by atoms with Crippen LogP contribution >= 0.6 is 0 Å². The van der Waals surface area contributed by atoms with Crippen LogP contribution in [0.3, 0.4) is 0 Å². The summed E-state index contributed by atoms with van der Waals surface area (Å²) >= 11 is 0. The summed E-state index contributed by atoms with van der Waals surface area (Å²) in [6.45, 7) is 6.45. The van der Waals surface area contributed by atoms with Crippen molar-refractivity contribution < 1.29 is 4.39 Å². The van der Waals surface area contributed by atoms with Gasteiger partial charge in [-0.3, -0.25) is 0 Å². The van der Waals surface area contributed by atoms with Crippen LogP contribution in [-0.4, -0.2) is 0 Å². The molecular weight excluding hydrogens is 283 g/mol. The second kappa shape index (κ2) is 4.79. The third-order valence-electron chi connectivity index (χ3n) is 4.93. The molecule has 0 bridgehead atoms. The molecule has 0 N–H and O–H groups in total. The minimum atomic E-state index is -0.175. The molecule has 0 saturated heterocycles. The van der Waals surface area contributed by atoms with Crippen molar-refractivity contribution >= 4 is 0 Å². The standard InChI is InChI=1S/C22H19F/c1-14-11-15(13-16(23)12-14)17-8-6-9-19-18-7-4-5-10-20(18)22(2,3)21(17)19/h4-13H,1-3H3. The molecule has 0 aliphatic heterocycles. The molecule has 3 aromatic rings. The Labute approximate surface area is 136 Å². The van der Waals surface area contributed by atoms with Gasteiger partial charge in [0, 0.05) is 5.41 Å². The number of hydrogen-bond acceptors (Lipinski definition) is 0. The van der Waals surface area contributed by atoms with E-state index < -0.39 is 0 Å². The highest BCUT2D eigenvalue weighted by Crippen LogP contribution is 2.51. The van der Waals surface area contributed by atoms with Gasteiger partial charge in [0.15, 0.2) is 0 Å². The van der Waals surface area contributed by atoms with Crippen LogP contribution in [0.2, 0.25) is 0 Å². The van der Waals surface area contributed by atoms with Gasteiger partial charge in [-0.1, -0.05) is 62.4 Å². The first-order valence-electron chi connectivity index (χ1n) is 7.99. The minimum Gasteiger partial charge on any atom is -0.207 e. The Morgan fingerprint density at radius 3 is 2.26 bits per heavy atom. The number of hydrogen-bond donors (Lipinski definition) is 0. The van der Waals surface area contributed by atoms with Crippen molar-refractivity contribution in [2.75, 3.05) is 0 Å². The fraction of sp³-hybridized carbons (Fsp3) is 0.182. The van der Waals surface area contributed by atoms with E-state index >= 15 is 0 Å². The molecule has 0 fully saturated rings. The van der Waals surface area contributed by atoms with Gasteiger partial charge in [-0.05, 0) is 58.0 Å². The van der Waals surface area contributed by atoms with Crippen LogP contribution in [-0.2, 0) is 5.41 Å². The van der Waals surface area contributed by atoms with Crippen molar-refractivity contribution in [3.05, 3.63) is 83.2 Å². The third-order valence-corrected chi connectivity index (χ3v) is 4.93. The van der Waals surface area contributed by atoms with Gasteiger partial charge in [0.1, 0.15) is 5.82 Å². The molecule has 0 atom stereocenters. The average Bonchev–Trinajstić information content (AvgIpc) is 2.75. The van der Waals surface area contributed by atoms with Crippen LogP contribution in [0.4, 0.5) is 4.39 Å². The van der Waals surface area contributed by atoms with Crippen molar-refractivity contribution in [3.8, 4) is 22.3 Å². The molecule has 114 valence electrons. The lowest BCUT2D eigenvalue weighted by Crippen LogP contribution is -2.16. The van der Waals surface area contributed by atoms with Crippen LogP contribution in [0.1, 0.15) is 30.5 Å². The van der Waals surface area contributed by atoms with Gasteiger partial charge < -0.3 is 0 Å². The van der Waals surface area contributed by atoms with Gasteiger partial charge in [-0.2, -0.15) is 0 Å². The molecule has 23 heavy (non-hydrogen) atoms. The van der Waals surface area contributed by atoms with E-state index in [0.717, 1.165) is 16.7 Å². The zero-order valence-electron chi connectivity index (χ0n) is 13.7. The maximum atomic E-state index is 13.9. The van der Waals surface area contributed by atoms with E-state index in [0.29, 0.717) is 0 Å². The van der Waals surface area contributed by atoms with E-state index in [1.807, 2.05) is 6.92 Å². The van der Waals surface area contributed by atoms with Gasteiger partial charge in [0.2, 0.25) is 0 Å². The van der Waals surface area contributed by atoms with Gasteiger partial charge in [0.05, 0.1) is 0 Å². The Hall–Kier alpha value is -2.41. The van der Waals surface area contributed by atoms with E-state index in [2.05, 4.69) is 62.4 Å². The lowest BCUT2D eigenvalue weighted by Gasteiger charge is -2.24. The predicted octanol–water partition coefficient (Wildman–Crippen LogP) is 6.11. The monoisotopic (exact) mass is 302 g/mol. The molecular formula is C22H19F. The SMILES string of the molecule is Cc1cc(F)cc(-c2cccc3c2C(C)(C)c2ccccc2-3)c1. The summed E-state index contributed by atoms with van der Waals surface area (Å²) in [5.74, 6) is -0.175. The van der Waals surface area contributed by atoms with Crippen molar-refractivity contribution in [1.82, 2.24) is 0 Å². The lowest BCUT2D eigenvalue weighted by molar-refractivity contribution is 0.626. The average molecular weight is 302 g/mol. The number of fused-ring (bicyclic) bond motifs is 3. The molecule has 4 rings (SSSR count). The highest BCUT2D eigenvalue weighted by atomic mass is 19.1. The highest BCUT2D eigenvalue weighted by Gasteiger charge is 2.37. The van der Waals surface area contributed by atoms with Crippen molar-refractivity contribution in [2.45, 2.75) is 26.2 Å². The molecule has 0 spiro atoms. The Morgan fingerprint density at radius 1 is 0.783 bits per heavy atom. The summed E-state index contributed by atoms with van der Waals surface area (Å²) in [4.78, 5) is 0. The van der Waals surface area contributed by atoms with Crippen molar-refractivity contribution in [3.63, 3.8) is 0 Å². The lowest BCUT2D eigenvalue weighted by atomic mass is 9.79. The van der Waals surface area contributed by atoms with Gasteiger partial charge >= 0.3 is 0 Å². The summed E-state index contributed by atoms with van der Waals surface area (Å²) < 4.78 is 13.9. The molecule has 1 aliphatic rings. The Morgan fingerprint density at radius 2 is 1.48 bits per heavy atom. The number of halogens is 1. The second-order valence-corrected chi connectivity index (χ2v) is 6.92. The fourth-order valence-corrected chi connectivity index (χ4v) is 3.98. The summed E-state index contributed by atoms with van der Waals surface area (Å²) in [5, 5.41) is 0. The Kier molecular flexibility index (Phi) is 2.96. The van der Waals surface area contributed by atoms with Crippen LogP contribution in [0, 0.1) is 12.7 Å². The molecule has 0 aromatic heterocycles. The van der Waals surface area contributed by atoms with Crippen LogP contribution in [0.25, 0.3) is 22.3 Å². The largest absolute Gasteiger partial charge is 0.207 e. The second-order valence-electron chi connectivity index (χ2n) is 6.92. The van der Waals surface area contributed by atoms with Crippen LogP contribution < -0.4 is 0 Å². The highest BCUT2D eigenvalue weighted by molar-refractivity contribution is 5.88. The smallest absolute Gasteiger partial charge is 0.124 e. The van der Waals surface area contributed by atoms with Crippen molar-refractivity contribution in [2.24, 2.45) is 0 Å². The first kappa shape index (κ1) is 14.2. The molecule has 0 nitrogen and oxygen atoms in total. The quantitative estimate of drug-likeness (QED) is 0.509. The van der Waals surface area contributed by atoms with E-state index in [4.69, 9.17) is 0 Å². The molecule has 0 saturated carbocycles. The molecule has 0 amide bonds. The molecule has 1 aliphatic carbocycles. The Bertz CT molecular complexity index is 899. The molecule has 0 unspecified atom stereocenters. The molecule has 1 heteroatoms. The Balaban J connectivity index is 2.04. The minimum absolute atomic E-state index is 0.0806. The first-order chi connectivity index (χ1) is 11.0. The third kappa shape index (κ3) is 2.03. The van der Waals surface area contributed by atoms with Crippen LogP contribution in [0.15, 0.2) is 60.7 Å². The number of benzene rings is 3. The zero-order valence-corrected chi connectivity index (χ0v) is 13.7. The number of rotatable bonds is 1. The fourth-order valence-electron chi connectivity index (χ4n) is 3.98. The van der Waals surface area contributed by atoms with Gasteiger partial charge in [-0.25, -0.2) is 4.39 Å². The van der Waals surface area contributed by atoms with Gasteiger partial charge in [-0.15, -0.1) is 0 Å². The maximum absolute atomic E-state index is 13.9. The van der Waals surface area contributed by atoms with E-state index in [9.17, 15) is 4.39 Å². The first-order valence-corrected chi connectivity index (χ1v) is 7.99.